The lowest BCUT2D eigenvalue weighted by molar-refractivity contribution is -0.132. The van der Waals surface area contributed by atoms with E-state index in [1.807, 2.05) is 0 Å². The van der Waals surface area contributed by atoms with Crippen LogP contribution in [0.25, 0.3) is 0 Å². The van der Waals surface area contributed by atoms with E-state index >= 15 is 0 Å². The molecule has 0 spiro atoms. The molecule has 1 saturated heterocycles. The van der Waals surface area contributed by atoms with Gasteiger partial charge in [-0.1, -0.05) is 32.4 Å². The lowest BCUT2D eigenvalue weighted by atomic mass is 9.47. The fourth-order valence-corrected chi connectivity index (χ4v) is 9.47. The van der Waals surface area contributed by atoms with Crippen molar-refractivity contribution >= 4 is 5.91 Å². The minimum absolute atomic E-state index is 0.107. The number of allylic oxidation sites excluding steroid dienone is 1. The van der Waals surface area contributed by atoms with Crippen LogP contribution < -0.4 is 0 Å². The average molecular weight is 442 g/mol. The number of fused-ring (bicyclic) bond motifs is 5. The molecule has 1 N–H and O–H groups in total. The lowest BCUT2D eigenvalue weighted by Crippen LogP contribution is -2.50. The summed E-state index contributed by atoms with van der Waals surface area (Å²) < 4.78 is 0. The minimum Gasteiger partial charge on any atom is -0.393 e. The van der Waals surface area contributed by atoms with Gasteiger partial charge in [0.2, 0.25) is 5.91 Å². The van der Waals surface area contributed by atoms with E-state index in [1.54, 1.807) is 5.57 Å². The molecule has 4 fully saturated rings. The lowest BCUT2D eigenvalue weighted by Gasteiger charge is -2.58. The van der Waals surface area contributed by atoms with Crippen molar-refractivity contribution in [2.75, 3.05) is 13.1 Å². The molecule has 0 aromatic heterocycles. The number of rotatable bonds is 4. The Labute approximate surface area is 196 Å². The summed E-state index contributed by atoms with van der Waals surface area (Å²) in [6.45, 7) is 9.60. The van der Waals surface area contributed by atoms with E-state index in [1.165, 1.54) is 57.8 Å². The highest BCUT2D eigenvalue weighted by Gasteiger charge is 2.59. The average Bonchev–Trinajstić information content (AvgIpc) is 3.15. The van der Waals surface area contributed by atoms with Gasteiger partial charge >= 0.3 is 0 Å². The van der Waals surface area contributed by atoms with Gasteiger partial charge in [-0.25, -0.2) is 0 Å². The number of carbonyl (C=O) groups is 1. The molecule has 4 aliphatic carbocycles. The number of amides is 1. The van der Waals surface area contributed by atoms with E-state index in [0.717, 1.165) is 62.4 Å². The number of aliphatic hydroxyl groups excluding tert-OH is 1. The maximum absolute atomic E-state index is 12.8. The van der Waals surface area contributed by atoms with Gasteiger partial charge in [0.25, 0.3) is 0 Å². The number of aliphatic hydroxyl groups is 1. The molecule has 5 rings (SSSR count). The van der Waals surface area contributed by atoms with Crippen LogP contribution >= 0.6 is 0 Å². The maximum atomic E-state index is 12.8. The van der Waals surface area contributed by atoms with Gasteiger partial charge in [0, 0.05) is 19.5 Å². The summed E-state index contributed by atoms with van der Waals surface area (Å²) in [5.74, 6) is 4.37. The van der Waals surface area contributed by atoms with E-state index in [4.69, 9.17) is 0 Å². The molecular formula is C29H47NO2. The summed E-state index contributed by atoms with van der Waals surface area (Å²) in [6.07, 6.45) is 17.8. The highest BCUT2D eigenvalue weighted by molar-refractivity contribution is 5.76. The topological polar surface area (TPSA) is 40.5 Å². The second-order valence-electron chi connectivity index (χ2n) is 12.8. The summed E-state index contributed by atoms with van der Waals surface area (Å²) in [5, 5.41) is 10.3. The molecule has 3 saturated carbocycles. The van der Waals surface area contributed by atoms with Crippen molar-refractivity contribution in [3.63, 3.8) is 0 Å². The van der Waals surface area contributed by atoms with E-state index < -0.39 is 0 Å². The van der Waals surface area contributed by atoms with Crippen LogP contribution in [0.5, 0.6) is 0 Å². The van der Waals surface area contributed by atoms with Crippen molar-refractivity contribution in [2.24, 2.45) is 40.4 Å². The number of carbonyl (C=O) groups excluding carboxylic acids is 1. The highest BCUT2D eigenvalue weighted by atomic mass is 16.3. The van der Waals surface area contributed by atoms with Crippen LogP contribution in [-0.4, -0.2) is 35.1 Å². The van der Waals surface area contributed by atoms with Crippen molar-refractivity contribution in [1.82, 2.24) is 4.90 Å². The number of likely N-dealkylation sites (tertiary alicyclic amines) is 1. The van der Waals surface area contributed by atoms with Gasteiger partial charge in [-0.05, 0) is 117 Å². The van der Waals surface area contributed by atoms with Gasteiger partial charge < -0.3 is 10.0 Å². The van der Waals surface area contributed by atoms with E-state index in [0.29, 0.717) is 22.7 Å². The Hall–Kier alpha value is -0.830. The Morgan fingerprint density at radius 1 is 1.09 bits per heavy atom. The van der Waals surface area contributed by atoms with Gasteiger partial charge in [-0.2, -0.15) is 0 Å². The Kier molecular flexibility index (Phi) is 6.27. The van der Waals surface area contributed by atoms with Gasteiger partial charge in [-0.3, -0.25) is 4.79 Å². The Bertz CT molecular complexity index is 739. The van der Waals surface area contributed by atoms with E-state index in [2.05, 4.69) is 31.7 Å². The molecule has 8 atom stereocenters. The summed E-state index contributed by atoms with van der Waals surface area (Å²) in [7, 11) is 0. The van der Waals surface area contributed by atoms with Crippen molar-refractivity contribution in [1.29, 1.82) is 0 Å². The van der Waals surface area contributed by atoms with Crippen molar-refractivity contribution in [2.45, 2.75) is 110 Å². The normalized spacial score (nSPS) is 44.8. The SMILES string of the molecule is C[C@H](CCC(=O)N1CCCCC1)[C@H]1CC[C@H]2[C@@H]3CC=C4C[C@@H](O)CC[C@]4(C)[C@H]3CC[C@]12C. The fraction of sp³-hybridized carbons (Fsp3) is 0.897. The van der Waals surface area contributed by atoms with Crippen LogP contribution in [0.15, 0.2) is 11.6 Å². The smallest absolute Gasteiger partial charge is 0.222 e. The molecule has 180 valence electrons. The Morgan fingerprint density at radius 3 is 2.66 bits per heavy atom. The monoisotopic (exact) mass is 441 g/mol. The molecule has 1 aliphatic heterocycles. The largest absolute Gasteiger partial charge is 0.393 e. The molecule has 0 bridgehead atoms. The van der Waals surface area contributed by atoms with Crippen LogP contribution in [0.4, 0.5) is 0 Å². The van der Waals surface area contributed by atoms with Gasteiger partial charge in [0.15, 0.2) is 0 Å². The number of hydrogen-bond donors (Lipinski definition) is 1. The van der Waals surface area contributed by atoms with Crippen LogP contribution in [0.3, 0.4) is 0 Å². The molecule has 5 aliphatic rings. The first kappa shape index (κ1) is 22.9. The Morgan fingerprint density at radius 2 is 1.88 bits per heavy atom. The summed E-state index contributed by atoms with van der Waals surface area (Å²) >= 11 is 0. The second kappa shape index (κ2) is 8.75. The molecule has 3 heteroatoms. The predicted molar refractivity (Wildman–Crippen MR) is 130 cm³/mol. The first-order valence-corrected chi connectivity index (χ1v) is 14.0. The third-order valence-corrected chi connectivity index (χ3v) is 11.4. The summed E-state index contributed by atoms with van der Waals surface area (Å²) in [5.41, 5.74) is 2.39. The molecule has 0 aromatic rings. The molecule has 0 radical (unpaired) electrons. The number of hydrogen-bond acceptors (Lipinski definition) is 2. The second-order valence-corrected chi connectivity index (χ2v) is 12.8. The fourth-order valence-electron chi connectivity index (χ4n) is 9.47. The number of piperidine rings is 1. The molecule has 0 unspecified atom stereocenters. The van der Waals surface area contributed by atoms with Crippen LogP contribution in [-0.2, 0) is 4.79 Å². The quantitative estimate of drug-likeness (QED) is 0.516. The summed E-state index contributed by atoms with van der Waals surface area (Å²) in [4.78, 5) is 14.9. The minimum atomic E-state index is -0.107. The maximum Gasteiger partial charge on any atom is 0.222 e. The van der Waals surface area contributed by atoms with Gasteiger partial charge in [-0.15, -0.1) is 0 Å². The first-order valence-electron chi connectivity index (χ1n) is 14.0. The molecular weight excluding hydrogens is 394 g/mol. The van der Waals surface area contributed by atoms with Crippen molar-refractivity contribution < 1.29 is 9.90 Å². The zero-order valence-corrected chi connectivity index (χ0v) is 21.0. The highest BCUT2D eigenvalue weighted by Crippen LogP contribution is 2.67. The van der Waals surface area contributed by atoms with Gasteiger partial charge in [0.05, 0.1) is 6.10 Å². The first-order chi connectivity index (χ1) is 15.3. The van der Waals surface area contributed by atoms with Gasteiger partial charge in [0.1, 0.15) is 0 Å². The molecule has 0 aromatic carbocycles. The zero-order valence-electron chi connectivity index (χ0n) is 21.0. The number of nitrogens with zero attached hydrogens (tertiary/aromatic N) is 1. The third-order valence-electron chi connectivity index (χ3n) is 11.4. The Balaban J connectivity index is 1.25. The van der Waals surface area contributed by atoms with Crippen molar-refractivity contribution in [3.05, 3.63) is 11.6 Å². The summed E-state index contributed by atoms with van der Waals surface area (Å²) in [6, 6.07) is 0. The van der Waals surface area contributed by atoms with Crippen LogP contribution in [0, 0.1) is 40.4 Å². The van der Waals surface area contributed by atoms with E-state index in [9.17, 15) is 9.90 Å². The standard InChI is InChI=1S/C29H47NO2/c1-20(7-12-27(32)30-17-5-4-6-18-30)24-10-11-25-23-9-8-21-19-22(31)13-15-28(21,2)26(23)14-16-29(24,25)3/h8,20,22-26,31H,4-7,9-19H2,1-3H3/t20-,22+,23+,24-,25+,26+,28+,29-/m1/s1. The third kappa shape index (κ3) is 3.79. The van der Waals surface area contributed by atoms with Crippen molar-refractivity contribution in [3.8, 4) is 0 Å². The molecule has 3 nitrogen and oxygen atoms in total. The molecule has 1 amide bonds. The molecule has 1 heterocycles. The van der Waals surface area contributed by atoms with Crippen LogP contribution in [0.1, 0.15) is 104 Å². The zero-order chi connectivity index (χ0) is 22.5. The predicted octanol–water partition coefficient (Wildman–Crippen LogP) is 6.36. The van der Waals surface area contributed by atoms with E-state index in [-0.39, 0.29) is 6.10 Å². The molecule has 32 heavy (non-hydrogen) atoms. The van der Waals surface area contributed by atoms with Crippen LogP contribution in [0.2, 0.25) is 0 Å².